The molecular formula is C19H22N4O. The van der Waals surface area contributed by atoms with E-state index in [-0.39, 0.29) is 12.5 Å². The van der Waals surface area contributed by atoms with Gasteiger partial charge in [-0.05, 0) is 43.6 Å². The van der Waals surface area contributed by atoms with Gasteiger partial charge >= 0.3 is 0 Å². The summed E-state index contributed by atoms with van der Waals surface area (Å²) < 4.78 is 0. The van der Waals surface area contributed by atoms with E-state index < -0.39 is 5.60 Å². The van der Waals surface area contributed by atoms with Crippen molar-refractivity contribution < 1.29 is 5.11 Å². The summed E-state index contributed by atoms with van der Waals surface area (Å²) in [5.74, 6) is 0. The summed E-state index contributed by atoms with van der Waals surface area (Å²) in [6, 6.07) is 19.5. The van der Waals surface area contributed by atoms with Gasteiger partial charge < -0.3 is 10.0 Å². The van der Waals surface area contributed by atoms with E-state index >= 15 is 0 Å². The van der Waals surface area contributed by atoms with Crippen LogP contribution < -0.4 is 4.90 Å². The van der Waals surface area contributed by atoms with Gasteiger partial charge in [0.05, 0.1) is 11.6 Å². The van der Waals surface area contributed by atoms with Gasteiger partial charge in [0.15, 0.2) is 0 Å². The highest BCUT2D eigenvalue weighted by atomic mass is 16.3. The SMILES string of the molecule is C=C(C[C@@](C)(O)[C@H](C)N(c1ccccc1)c1ccccc1)N=[N+]=[N-]. The van der Waals surface area contributed by atoms with Crippen LogP contribution in [0.5, 0.6) is 0 Å². The molecule has 24 heavy (non-hydrogen) atoms. The Morgan fingerprint density at radius 1 is 1.17 bits per heavy atom. The molecule has 1 N–H and O–H groups in total. The second-order valence-electron chi connectivity index (χ2n) is 6.01. The molecule has 0 aliphatic carbocycles. The standard InChI is InChI=1S/C19H22N4O/c1-15(21-22-20)14-19(3,24)16(2)23(17-10-6-4-7-11-17)18-12-8-5-9-13-18/h4-13,16,24H,1,14H2,2-3H3/t16-,19+/m0/s1. The summed E-state index contributed by atoms with van der Waals surface area (Å²) in [5, 5.41) is 14.5. The van der Waals surface area contributed by atoms with Crippen molar-refractivity contribution in [3.05, 3.63) is 83.4 Å². The minimum atomic E-state index is -1.13. The molecule has 0 spiro atoms. The van der Waals surface area contributed by atoms with Crippen LogP contribution in [0.1, 0.15) is 20.3 Å². The Morgan fingerprint density at radius 2 is 1.62 bits per heavy atom. The van der Waals surface area contributed by atoms with Crippen LogP contribution in [0.2, 0.25) is 0 Å². The number of azide groups is 1. The number of para-hydroxylation sites is 2. The summed E-state index contributed by atoms with van der Waals surface area (Å²) >= 11 is 0. The molecule has 5 heteroatoms. The average Bonchev–Trinajstić information content (AvgIpc) is 2.56. The first-order chi connectivity index (χ1) is 11.5. The molecule has 0 aliphatic heterocycles. The van der Waals surface area contributed by atoms with Crippen molar-refractivity contribution in [2.45, 2.75) is 31.9 Å². The maximum atomic E-state index is 11.0. The molecule has 0 aromatic heterocycles. The fraction of sp³-hybridized carbons (Fsp3) is 0.263. The van der Waals surface area contributed by atoms with Gasteiger partial charge in [-0.1, -0.05) is 48.1 Å². The predicted octanol–water partition coefficient (Wildman–Crippen LogP) is 5.18. The first kappa shape index (κ1) is 17.6. The lowest BCUT2D eigenvalue weighted by atomic mass is 9.90. The van der Waals surface area contributed by atoms with Gasteiger partial charge in [0.2, 0.25) is 0 Å². The summed E-state index contributed by atoms with van der Waals surface area (Å²) in [4.78, 5) is 4.81. The molecule has 0 aliphatic rings. The second kappa shape index (κ2) is 7.68. The zero-order valence-electron chi connectivity index (χ0n) is 14.0. The van der Waals surface area contributed by atoms with Crippen LogP contribution in [0, 0.1) is 0 Å². The van der Waals surface area contributed by atoms with E-state index in [2.05, 4.69) is 21.5 Å². The van der Waals surface area contributed by atoms with E-state index in [1.165, 1.54) is 0 Å². The van der Waals surface area contributed by atoms with Gasteiger partial charge in [-0.2, -0.15) is 0 Å². The molecule has 0 radical (unpaired) electrons. The number of hydrogen-bond acceptors (Lipinski definition) is 3. The summed E-state index contributed by atoms with van der Waals surface area (Å²) in [7, 11) is 0. The topological polar surface area (TPSA) is 72.2 Å². The van der Waals surface area contributed by atoms with Crippen LogP contribution in [0.3, 0.4) is 0 Å². The van der Waals surface area contributed by atoms with E-state index in [0.717, 1.165) is 11.4 Å². The number of hydrogen-bond donors (Lipinski definition) is 1. The fourth-order valence-electron chi connectivity index (χ4n) is 2.71. The zero-order chi connectivity index (χ0) is 17.6. The third-order valence-electron chi connectivity index (χ3n) is 4.10. The van der Waals surface area contributed by atoms with Crippen molar-refractivity contribution in [1.82, 2.24) is 0 Å². The van der Waals surface area contributed by atoms with Gasteiger partial charge in [0, 0.05) is 28.4 Å². The maximum absolute atomic E-state index is 11.0. The molecule has 5 nitrogen and oxygen atoms in total. The molecule has 2 rings (SSSR count). The molecule has 0 amide bonds. The molecule has 0 fully saturated rings. The quantitative estimate of drug-likeness (QED) is 0.433. The number of nitrogens with zero attached hydrogens (tertiary/aromatic N) is 4. The van der Waals surface area contributed by atoms with Crippen LogP contribution >= 0.6 is 0 Å². The zero-order valence-corrected chi connectivity index (χ0v) is 14.0. The van der Waals surface area contributed by atoms with Crippen LogP contribution in [0.4, 0.5) is 11.4 Å². The van der Waals surface area contributed by atoms with Gasteiger partial charge in [0.25, 0.3) is 0 Å². The molecule has 124 valence electrons. The summed E-state index contributed by atoms with van der Waals surface area (Å²) in [6.07, 6.45) is 0.189. The lowest BCUT2D eigenvalue weighted by Crippen LogP contribution is -2.47. The average molecular weight is 322 g/mol. The first-order valence-corrected chi connectivity index (χ1v) is 7.80. The number of benzene rings is 2. The highest BCUT2D eigenvalue weighted by molar-refractivity contribution is 5.64. The van der Waals surface area contributed by atoms with Gasteiger partial charge in [-0.25, -0.2) is 0 Å². The Balaban J connectivity index is 2.40. The Bertz CT molecular complexity index is 682. The van der Waals surface area contributed by atoms with Gasteiger partial charge in [-0.3, -0.25) is 0 Å². The maximum Gasteiger partial charge on any atom is 0.0862 e. The van der Waals surface area contributed by atoms with E-state index in [0.29, 0.717) is 5.70 Å². The van der Waals surface area contributed by atoms with Crippen LogP contribution in [-0.2, 0) is 0 Å². The lowest BCUT2D eigenvalue weighted by Gasteiger charge is -2.40. The Hall–Kier alpha value is -2.75. The van der Waals surface area contributed by atoms with Crippen molar-refractivity contribution in [2.75, 3.05) is 4.90 Å². The van der Waals surface area contributed by atoms with Crippen molar-refractivity contribution in [1.29, 1.82) is 0 Å². The normalized spacial score (nSPS) is 14.1. The molecule has 2 aromatic carbocycles. The summed E-state index contributed by atoms with van der Waals surface area (Å²) in [6.45, 7) is 7.40. The number of aliphatic hydroxyl groups is 1. The van der Waals surface area contributed by atoms with Crippen molar-refractivity contribution >= 4 is 11.4 Å². The molecule has 2 atom stereocenters. The largest absolute Gasteiger partial charge is 0.388 e. The third kappa shape index (κ3) is 4.16. The molecule has 0 saturated carbocycles. The Kier molecular flexibility index (Phi) is 5.64. The highest BCUT2D eigenvalue weighted by Gasteiger charge is 2.34. The molecule has 0 unspecified atom stereocenters. The first-order valence-electron chi connectivity index (χ1n) is 7.80. The second-order valence-corrected chi connectivity index (χ2v) is 6.01. The van der Waals surface area contributed by atoms with Crippen LogP contribution in [0.15, 0.2) is 78.1 Å². The van der Waals surface area contributed by atoms with Crippen LogP contribution in [0.25, 0.3) is 10.4 Å². The van der Waals surface area contributed by atoms with Crippen LogP contribution in [-0.4, -0.2) is 16.7 Å². The fourth-order valence-corrected chi connectivity index (χ4v) is 2.71. The molecule has 0 saturated heterocycles. The summed E-state index contributed by atoms with van der Waals surface area (Å²) in [5.41, 5.74) is 9.69. The minimum Gasteiger partial charge on any atom is -0.388 e. The van der Waals surface area contributed by atoms with E-state index in [4.69, 9.17) is 5.53 Å². The molecule has 0 bridgehead atoms. The van der Waals surface area contributed by atoms with Gasteiger partial charge in [-0.15, -0.1) is 0 Å². The van der Waals surface area contributed by atoms with E-state index in [1.807, 2.05) is 67.6 Å². The number of anilines is 2. The highest BCUT2D eigenvalue weighted by Crippen LogP contribution is 2.34. The molecular weight excluding hydrogens is 300 g/mol. The Morgan fingerprint density at radius 3 is 2.04 bits per heavy atom. The lowest BCUT2D eigenvalue weighted by molar-refractivity contribution is 0.0388. The van der Waals surface area contributed by atoms with Crippen molar-refractivity contribution in [3.63, 3.8) is 0 Å². The van der Waals surface area contributed by atoms with Crippen molar-refractivity contribution in [2.24, 2.45) is 5.11 Å². The molecule has 0 heterocycles. The molecule has 2 aromatic rings. The van der Waals surface area contributed by atoms with E-state index in [9.17, 15) is 5.11 Å². The van der Waals surface area contributed by atoms with E-state index in [1.54, 1.807) is 6.92 Å². The Labute approximate surface area is 142 Å². The van der Waals surface area contributed by atoms with Crippen molar-refractivity contribution in [3.8, 4) is 0 Å². The third-order valence-corrected chi connectivity index (χ3v) is 4.10. The van der Waals surface area contributed by atoms with Gasteiger partial charge in [0.1, 0.15) is 0 Å². The minimum absolute atomic E-state index is 0.189. The monoisotopic (exact) mass is 322 g/mol. The predicted molar refractivity (Wildman–Crippen MR) is 98.0 cm³/mol. The smallest absolute Gasteiger partial charge is 0.0862 e. The number of rotatable bonds is 7.